The Bertz CT molecular complexity index is 504. The lowest BCUT2D eigenvalue weighted by atomic mass is 9.84. The molecule has 4 fully saturated rings. The number of carbonyl (C=O) groups is 2. The fraction of sp³-hybridized carbons (Fsp3) is 0.905. The molecule has 0 unspecified atom stereocenters. The number of hydrogen-bond acceptors (Lipinski definition) is 3. The zero-order valence-electron chi connectivity index (χ0n) is 16.5. The zero-order chi connectivity index (χ0) is 17.9. The first-order valence-electron chi connectivity index (χ1n) is 11.0. The van der Waals surface area contributed by atoms with Crippen LogP contribution in [0.5, 0.6) is 0 Å². The molecule has 0 bridgehead atoms. The zero-order valence-corrected chi connectivity index (χ0v) is 17.3. The van der Waals surface area contributed by atoms with E-state index in [1.54, 1.807) is 0 Å². The molecule has 2 atom stereocenters. The summed E-state index contributed by atoms with van der Waals surface area (Å²) in [6, 6.07) is 0.289. The van der Waals surface area contributed by atoms with E-state index in [0.717, 1.165) is 51.9 Å². The predicted octanol–water partition coefficient (Wildman–Crippen LogP) is 2.73. The Balaban J connectivity index is 0.00000210. The van der Waals surface area contributed by atoms with Crippen LogP contribution < -0.4 is 10.6 Å². The molecule has 0 aromatic rings. The lowest BCUT2D eigenvalue weighted by Crippen LogP contribution is -2.42. The van der Waals surface area contributed by atoms with Gasteiger partial charge in [-0.15, -0.1) is 12.4 Å². The Morgan fingerprint density at radius 2 is 1.52 bits per heavy atom. The maximum Gasteiger partial charge on any atom is 0.225 e. The van der Waals surface area contributed by atoms with Crippen LogP contribution in [0, 0.1) is 23.7 Å². The molecule has 4 rings (SSSR count). The summed E-state index contributed by atoms with van der Waals surface area (Å²) in [4.78, 5) is 27.3. The number of nitrogens with zero attached hydrogens (tertiary/aromatic N) is 1. The second-order valence-electron chi connectivity index (χ2n) is 9.25. The van der Waals surface area contributed by atoms with Crippen LogP contribution in [-0.2, 0) is 9.59 Å². The van der Waals surface area contributed by atoms with E-state index in [4.69, 9.17) is 0 Å². The van der Waals surface area contributed by atoms with Crippen molar-refractivity contribution >= 4 is 24.2 Å². The van der Waals surface area contributed by atoms with Crippen LogP contribution >= 0.6 is 12.4 Å². The molecule has 5 nitrogen and oxygen atoms in total. The maximum atomic E-state index is 12.8. The molecule has 0 spiro atoms. The van der Waals surface area contributed by atoms with Gasteiger partial charge in [0.1, 0.15) is 0 Å². The SMILES string of the molecule is Cl.O=C(CC1CCCCC1)NC1CCC(C(=O)N2C[C@H]3CNC[C@H]3C2)CC1. The van der Waals surface area contributed by atoms with Gasteiger partial charge in [-0.25, -0.2) is 0 Å². The average molecular weight is 398 g/mol. The summed E-state index contributed by atoms with van der Waals surface area (Å²) < 4.78 is 0. The van der Waals surface area contributed by atoms with Crippen LogP contribution in [0.4, 0.5) is 0 Å². The lowest BCUT2D eigenvalue weighted by molar-refractivity contribution is -0.135. The standard InChI is InChI=1S/C21H35N3O2.ClH/c25-20(10-15-4-2-1-3-5-15)23-19-8-6-16(7-9-19)21(26)24-13-17-11-22-12-18(17)14-24;/h15-19,22H,1-14H2,(H,23,25);1H/t16?,17-,18+,19?;. The summed E-state index contributed by atoms with van der Waals surface area (Å²) >= 11 is 0. The largest absolute Gasteiger partial charge is 0.353 e. The molecule has 2 amide bonds. The fourth-order valence-corrected chi connectivity index (χ4v) is 5.72. The van der Waals surface area contributed by atoms with Gasteiger partial charge in [-0.3, -0.25) is 9.59 Å². The highest BCUT2D eigenvalue weighted by atomic mass is 35.5. The van der Waals surface area contributed by atoms with Gasteiger partial charge in [0.05, 0.1) is 0 Å². The van der Waals surface area contributed by atoms with E-state index in [-0.39, 0.29) is 30.3 Å². The van der Waals surface area contributed by atoms with E-state index in [0.29, 0.717) is 30.1 Å². The Morgan fingerprint density at radius 1 is 0.889 bits per heavy atom. The molecule has 0 aromatic heterocycles. The number of hydrogen-bond donors (Lipinski definition) is 2. The highest BCUT2D eigenvalue weighted by Crippen LogP contribution is 2.32. The van der Waals surface area contributed by atoms with Gasteiger partial charge in [0.15, 0.2) is 0 Å². The molecule has 6 heteroatoms. The summed E-state index contributed by atoms with van der Waals surface area (Å²) in [5, 5.41) is 6.69. The molecular formula is C21H36ClN3O2. The quantitative estimate of drug-likeness (QED) is 0.766. The van der Waals surface area contributed by atoms with Crippen molar-refractivity contribution in [2.24, 2.45) is 23.7 Å². The summed E-state index contributed by atoms with van der Waals surface area (Å²) in [6.07, 6.45) is 10.9. The maximum absolute atomic E-state index is 12.8. The molecule has 2 saturated heterocycles. The van der Waals surface area contributed by atoms with E-state index >= 15 is 0 Å². The number of likely N-dealkylation sites (tertiary alicyclic amines) is 1. The van der Waals surface area contributed by atoms with Crippen molar-refractivity contribution in [1.82, 2.24) is 15.5 Å². The van der Waals surface area contributed by atoms with Crippen LogP contribution in [0.15, 0.2) is 0 Å². The Morgan fingerprint density at radius 3 is 2.15 bits per heavy atom. The Labute approximate surface area is 169 Å². The predicted molar refractivity (Wildman–Crippen MR) is 109 cm³/mol. The molecule has 154 valence electrons. The highest BCUT2D eigenvalue weighted by molar-refractivity contribution is 5.85. The summed E-state index contributed by atoms with van der Waals surface area (Å²) in [5.41, 5.74) is 0. The molecule has 2 heterocycles. The first kappa shape index (κ1) is 20.9. The van der Waals surface area contributed by atoms with Crippen LogP contribution in [0.25, 0.3) is 0 Å². The number of rotatable bonds is 4. The molecule has 2 saturated carbocycles. The third-order valence-electron chi connectivity index (χ3n) is 7.34. The van der Waals surface area contributed by atoms with Crippen molar-refractivity contribution in [3.63, 3.8) is 0 Å². The monoisotopic (exact) mass is 397 g/mol. The average Bonchev–Trinajstić information content (AvgIpc) is 3.24. The minimum atomic E-state index is 0. The van der Waals surface area contributed by atoms with Gasteiger partial charge in [-0.05, 0) is 56.3 Å². The summed E-state index contributed by atoms with van der Waals surface area (Å²) in [5.74, 6) is 2.76. The Hall–Kier alpha value is -0.810. The van der Waals surface area contributed by atoms with Crippen molar-refractivity contribution in [2.45, 2.75) is 70.3 Å². The van der Waals surface area contributed by atoms with Gasteiger partial charge in [-0.1, -0.05) is 19.3 Å². The second kappa shape index (κ2) is 9.60. The van der Waals surface area contributed by atoms with Crippen LogP contribution in [-0.4, -0.2) is 48.9 Å². The summed E-state index contributed by atoms with van der Waals surface area (Å²) in [6.45, 7) is 4.06. The van der Waals surface area contributed by atoms with Crippen molar-refractivity contribution in [1.29, 1.82) is 0 Å². The van der Waals surface area contributed by atoms with Gasteiger partial charge >= 0.3 is 0 Å². The van der Waals surface area contributed by atoms with E-state index in [9.17, 15) is 9.59 Å². The van der Waals surface area contributed by atoms with Crippen molar-refractivity contribution in [2.75, 3.05) is 26.2 Å². The van der Waals surface area contributed by atoms with E-state index in [2.05, 4.69) is 15.5 Å². The normalized spacial score (nSPS) is 34.0. The molecule has 4 aliphatic rings. The van der Waals surface area contributed by atoms with Crippen LogP contribution in [0.1, 0.15) is 64.2 Å². The van der Waals surface area contributed by atoms with Gasteiger partial charge in [0, 0.05) is 44.6 Å². The first-order valence-corrected chi connectivity index (χ1v) is 11.0. The Kier molecular flexibility index (Phi) is 7.43. The van der Waals surface area contributed by atoms with Crippen LogP contribution in [0.3, 0.4) is 0 Å². The highest BCUT2D eigenvalue weighted by Gasteiger charge is 2.40. The number of carbonyl (C=O) groups excluding carboxylic acids is 2. The van der Waals surface area contributed by atoms with Crippen molar-refractivity contribution in [3.05, 3.63) is 0 Å². The molecule has 2 aliphatic carbocycles. The van der Waals surface area contributed by atoms with Gasteiger partial charge in [0.25, 0.3) is 0 Å². The van der Waals surface area contributed by atoms with E-state index in [1.165, 1.54) is 32.1 Å². The van der Waals surface area contributed by atoms with E-state index < -0.39 is 0 Å². The molecular weight excluding hydrogens is 362 g/mol. The topological polar surface area (TPSA) is 61.4 Å². The number of nitrogens with one attached hydrogen (secondary N) is 2. The number of fused-ring (bicyclic) bond motifs is 1. The van der Waals surface area contributed by atoms with Crippen molar-refractivity contribution in [3.8, 4) is 0 Å². The minimum absolute atomic E-state index is 0. The first-order chi connectivity index (χ1) is 12.7. The number of halogens is 1. The second-order valence-corrected chi connectivity index (χ2v) is 9.25. The summed E-state index contributed by atoms with van der Waals surface area (Å²) in [7, 11) is 0. The lowest BCUT2D eigenvalue weighted by Gasteiger charge is -2.31. The van der Waals surface area contributed by atoms with Gasteiger partial charge < -0.3 is 15.5 Å². The molecule has 27 heavy (non-hydrogen) atoms. The number of amides is 2. The van der Waals surface area contributed by atoms with Crippen molar-refractivity contribution < 1.29 is 9.59 Å². The van der Waals surface area contributed by atoms with E-state index in [1.807, 2.05) is 0 Å². The minimum Gasteiger partial charge on any atom is -0.353 e. The fourth-order valence-electron chi connectivity index (χ4n) is 5.72. The third kappa shape index (κ3) is 5.17. The smallest absolute Gasteiger partial charge is 0.225 e. The van der Waals surface area contributed by atoms with Gasteiger partial charge in [0.2, 0.25) is 11.8 Å². The molecule has 0 aromatic carbocycles. The van der Waals surface area contributed by atoms with Gasteiger partial charge in [-0.2, -0.15) is 0 Å². The van der Waals surface area contributed by atoms with Crippen LogP contribution in [0.2, 0.25) is 0 Å². The third-order valence-corrected chi connectivity index (χ3v) is 7.34. The molecule has 0 radical (unpaired) electrons. The molecule has 2 N–H and O–H groups in total. The molecule has 2 aliphatic heterocycles.